The second-order valence-electron chi connectivity index (χ2n) is 13.8. The zero-order chi connectivity index (χ0) is 36.3. The molecule has 5 heterocycles. The minimum absolute atomic E-state index is 0.811. The van der Waals surface area contributed by atoms with Crippen molar-refractivity contribution in [1.29, 1.82) is 0 Å². The highest BCUT2D eigenvalue weighted by molar-refractivity contribution is 7.26. The van der Waals surface area contributed by atoms with Crippen LogP contribution in [0.1, 0.15) is 0 Å². The highest BCUT2D eigenvalue weighted by atomic mass is 32.1. The van der Waals surface area contributed by atoms with Crippen molar-refractivity contribution in [2.75, 3.05) is 0 Å². The molecule has 11 aromatic rings. The average Bonchev–Trinajstić information content (AvgIpc) is 3.66. The monoisotopic (exact) mass is 718 g/mol. The molecule has 0 atom stereocenters. The fourth-order valence-corrected chi connectivity index (χ4v) is 9.17. The number of nitrogens with zero attached hydrogens (tertiary/aromatic N) is 4. The van der Waals surface area contributed by atoms with Crippen molar-refractivity contribution in [3.8, 4) is 56.3 Å². The normalized spacial score (nSPS) is 11.6. The average molecular weight is 719 g/mol. The first-order chi connectivity index (χ1) is 27.2. The van der Waals surface area contributed by atoms with Gasteiger partial charge in [0.05, 0.1) is 34.0 Å². The van der Waals surface area contributed by atoms with Crippen LogP contribution in [0.25, 0.3) is 109 Å². The van der Waals surface area contributed by atoms with Gasteiger partial charge in [-0.3, -0.25) is 9.97 Å². The molecule has 6 aromatic carbocycles. The Kier molecular flexibility index (Phi) is 7.32. The lowest BCUT2D eigenvalue weighted by Gasteiger charge is -2.14. The number of hydrogen-bond acceptors (Lipinski definition) is 5. The van der Waals surface area contributed by atoms with E-state index in [2.05, 4.69) is 143 Å². The van der Waals surface area contributed by atoms with Gasteiger partial charge in [0.25, 0.3) is 0 Å². The summed E-state index contributed by atoms with van der Waals surface area (Å²) in [7, 11) is 0. The third-order valence-corrected chi connectivity index (χ3v) is 11.8. The number of fused-ring (bicyclic) bond motifs is 8. The predicted molar refractivity (Wildman–Crippen MR) is 230 cm³/mol. The second-order valence-corrected chi connectivity index (χ2v) is 14.9. The molecule has 0 saturated carbocycles. The van der Waals surface area contributed by atoms with Crippen molar-refractivity contribution in [1.82, 2.24) is 19.9 Å². The van der Waals surface area contributed by atoms with Gasteiger partial charge in [-0.05, 0) is 98.4 Å². The Bertz CT molecular complexity index is 3190. The summed E-state index contributed by atoms with van der Waals surface area (Å²) in [6.45, 7) is 0. The molecule has 55 heavy (non-hydrogen) atoms. The fraction of sp³-hybridized carbons (Fsp3) is 0. The summed E-state index contributed by atoms with van der Waals surface area (Å²) in [5, 5.41) is 8.57. The largest absolute Gasteiger partial charge is 0.255 e. The molecule has 5 aromatic heterocycles. The van der Waals surface area contributed by atoms with Crippen molar-refractivity contribution < 1.29 is 0 Å². The summed E-state index contributed by atoms with van der Waals surface area (Å²) >= 11 is 1.86. The molecule has 0 radical (unpaired) electrons. The molecule has 0 aliphatic heterocycles. The van der Waals surface area contributed by atoms with E-state index in [0.29, 0.717) is 0 Å². The molecular formula is C50H30N4S. The van der Waals surface area contributed by atoms with Crippen LogP contribution in [0, 0.1) is 0 Å². The van der Waals surface area contributed by atoms with Gasteiger partial charge < -0.3 is 0 Å². The van der Waals surface area contributed by atoms with E-state index in [9.17, 15) is 0 Å². The molecule has 256 valence electrons. The van der Waals surface area contributed by atoms with Crippen molar-refractivity contribution in [3.63, 3.8) is 0 Å². The van der Waals surface area contributed by atoms with Gasteiger partial charge in [-0.15, -0.1) is 11.3 Å². The van der Waals surface area contributed by atoms with Crippen LogP contribution in [-0.4, -0.2) is 19.9 Å². The summed E-state index contributed by atoms with van der Waals surface area (Å²) < 4.78 is 2.54. The van der Waals surface area contributed by atoms with E-state index in [1.807, 2.05) is 47.7 Å². The molecule has 0 saturated heterocycles. The lowest BCUT2D eigenvalue weighted by Crippen LogP contribution is -1.94. The highest BCUT2D eigenvalue weighted by Gasteiger charge is 2.19. The van der Waals surface area contributed by atoms with Crippen LogP contribution in [0.4, 0.5) is 0 Å². The maximum atomic E-state index is 5.57. The van der Waals surface area contributed by atoms with Crippen molar-refractivity contribution >= 4 is 64.0 Å². The Balaban J connectivity index is 1.06. The zero-order valence-electron chi connectivity index (χ0n) is 29.5. The maximum absolute atomic E-state index is 5.57. The minimum atomic E-state index is 0.811. The van der Waals surface area contributed by atoms with Crippen LogP contribution in [-0.2, 0) is 0 Å². The quantitative estimate of drug-likeness (QED) is 0.166. The van der Waals surface area contributed by atoms with Gasteiger partial charge >= 0.3 is 0 Å². The van der Waals surface area contributed by atoms with Crippen LogP contribution in [0.15, 0.2) is 182 Å². The number of rotatable bonds is 5. The van der Waals surface area contributed by atoms with Crippen LogP contribution in [0.2, 0.25) is 0 Å². The van der Waals surface area contributed by atoms with Crippen molar-refractivity contribution in [2.45, 2.75) is 0 Å². The number of hydrogen-bond donors (Lipinski definition) is 0. The van der Waals surface area contributed by atoms with Gasteiger partial charge in [-0.25, -0.2) is 9.97 Å². The van der Waals surface area contributed by atoms with E-state index in [1.165, 1.54) is 47.1 Å². The topological polar surface area (TPSA) is 51.6 Å². The van der Waals surface area contributed by atoms with Gasteiger partial charge in [0.15, 0.2) is 0 Å². The molecule has 0 unspecified atom stereocenters. The molecule has 0 amide bonds. The summed E-state index contributed by atoms with van der Waals surface area (Å²) in [5.74, 6) is 0. The molecule has 0 bridgehead atoms. The van der Waals surface area contributed by atoms with E-state index in [-0.39, 0.29) is 0 Å². The molecule has 0 aliphatic carbocycles. The standard InChI is InChI=1S/C50H30N4S/c1-2-12-36-34(11-1)27-41(38-14-4-3-13-37(36)38)49-48-40-15-5-6-18-47(40)55-50(48)39-24-23-33(28-44(39)54-49)31-19-21-32(22-20-31)35-29-45(42-16-7-9-25-51-42)53-46(30-35)43-17-8-10-26-52-43/h1-30H. The van der Waals surface area contributed by atoms with Gasteiger partial charge in [0.1, 0.15) is 0 Å². The van der Waals surface area contributed by atoms with E-state index in [0.717, 1.165) is 61.8 Å². The van der Waals surface area contributed by atoms with Crippen LogP contribution in [0.3, 0.4) is 0 Å². The van der Waals surface area contributed by atoms with Crippen LogP contribution < -0.4 is 0 Å². The second kappa shape index (κ2) is 12.8. The SMILES string of the molecule is c1ccc(-c2cc(-c3ccc(-c4ccc5c(c4)nc(-c4cc6ccccc6c6ccccc46)c4c6ccccc6sc54)cc3)cc(-c3ccccn3)n2)nc1. The third-order valence-electron chi connectivity index (χ3n) is 10.6. The molecule has 0 aliphatic rings. The Hall–Kier alpha value is -7.08. The first kappa shape index (κ1) is 31.4. The van der Waals surface area contributed by atoms with Gasteiger partial charge in [0.2, 0.25) is 0 Å². The number of thiophene rings is 1. The van der Waals surface area contributed by atoms with E-state index >= 15 is 0 Å². The molecular weight excluding hydrogens is 689 g/mol. The van der Waals surface area contributed by atoms with Crippen LogP contribution >= 0.6 is 11.3 Å². The Morgan fingerprint density at radius 1 is 0.382 bits per heavy atom. The molecule has 11 rings (SSSR count). The molecule has 5 heteroatoms. The summed E-state index contributed by atoms with van der Waals surface area (Å²) in [6.07, 6.45) is 3.60. The first-order valence-corrected chi connectivity index (χ1v) is 19.2. The van der Waals surface area contributed by atoms with Crippen LogP contribution in [0.5, 0.6) is 0 Å². The Labute approximate surface area is 321 Å². The summed E-state index contributed by atoms with van der Waals surface area (Å²) in [4.78, 5) is 19.7. The summed E-state index contributed by atoms with van der Waals surface area (Å²) in [6, 6.07) is 60.0. The Morgan fingerprint density at radius 2 is 0.982 bits per heavy atom. The molecule has 0 N–H and O–H groups in total. The highest BCUT2D eigenvalue weighted by Crippen LogP contribution is 2.45. The van der Waals surface area contributed by atoms with Crippen molar-refractivity contribution in [2.24, 2.45) is 0 Å². The maximum Gasteiger partial charge on any atom is 0.0900 e. The smallest absolute Gasteiger partial charge is 0.0900 e. The van der Waals surface area contributed by atoms with Gasteiger partial charge in [-0.2, -0.15) is 0 Å². The Morgan fingerprint density at radius 3 is 1.69 bits per heavy atom. The van der Waals surface area contributed by atoms with Gasteiger partial charge in [-0.1, -0.05) is 115 Å². The third kappa shape index (κ3) is 5.36. The fourth-order valence-electron chi connectivity index (χ4n) is 7.93. The number of pyridine rings is 4. The van der Waals surface area contributed by atoms with E-state index in [4.69, 9.17) is 9.97 Å². The lowest BCUT2D eigenvalue weighted by atomic mass is 9.93. The predicted octanol–water partition coefficient (Wildman–Crippen LogP) is 13.4. The van der Waals surface area contributed by atoms with E-state index < -0.39 is 0 Å². The molecule has 4 nitrogen and oxygen atoms in total. The number of aromatic nitrogens is 4. The van der Waals surface area contributed by atoms with Gasteiger partial charge in [0, 0.05) is 43.5 Å². The first-order valence-electron chi connectivity index (χ1n) is 18.4. The van der Waals surface area contributed by atoms with E-state index in [1.54, 1.807) is 12.4 Å². The molecule has 0 fully saturated rings. The molecule has 0 spiro atoms. The lowest BCUT2D eigenvalue weighted by molar-refractivity contribution is 1.22. The minimum Gasteiger partial charge on any atom is -0.255 e. The zero-order valence-corrected chi connectivity index (χ0v) is 30.3. The summed E-state index contributed by atoms with van der Waals surface area (Å²) in [5.41, 5.74) is 10.9. The number of benzene rings is 6. The van der Waals surface area contributed by atoms with Crippen molar-refractivity contribution in [3.05, 3.63) is 182 Å².